The maximum absolute atomic E-state index is 12.9. The SMILES string of the molecule is COc1ccc(CC(C)(N)c2ccc(F)cn2)cc1Br. The first-order valence-electron chi connectivity index (χ1n) is 6.16. The Bertz CT molecular complexity index is 599. The van der Waals surface area contributed by atoms with E-state index in [-0.39, 0.29) is 5.82 Å². The molecule has 0 fully saturated rings. The van der Waals surface area contributed by atoms with E-state index in [0.717, 1.165) is 15.8 Å². The smallest absolute Gasteiger partial charge is 0.141 e. The van der Waals surface area contributed by atoms with E-state index in [4.69, 9.17) is 10.5 Å². The minimum atomic E-state index is -0.665. The molecule has 0 amide bonds. The van der Waals surface area contributed by atoms with Crippen molar-refractivity contribution in [3.63, 3.8) is 0 Å². The molecular weight excluding hydrogens is 323 g/mol. The zero-order valence-corrected chi connectivity index (χ0v) is 12.9. The number of hydrogen-bond acceptors (Lipinski definition) is 3. The van der Waals surface area contributed by atoms with Crippen LogP contribution in [-0.2, 0) is 12.0 Å². The monoisotopic (exact) mass is 338 g/mol. The summed E-state index contributed by atoms with van der Waals surface area (Å²) in [6.07, 6.45) is 1.78. The van der Waals surface area contributed by atoms with Crippen molar-refractivity contribution in [3.8, 4) is 5.75 Å². The van der Waals surface area contributed by atoms with Crippen molar-refractivity contribution in [1.82, 2.24) is 4.98 Å². The largest absolute Gasteiger partial charge is 0.496 e. The van der Waals surface area contributed by atoms with Crippen molar-refractivity contribution < 1.29 is 9.13 Å². The number of hydrogen-bond donors (Lipinski definition) is 1. The minimum absolute atomic E-state index is 0.364. The molecule has 0 saturated heterocycles. The lowest BCUT2D eigenvalue weighted by Gasteiger charge is -2.24. The summed E-state index contributed by atoms with van der Waals surface area (Å²) in [6, 6.07) is 8.80. The van der Waals surface area contributed by atoms with Crippen LogP contribution >= 0.6 is 15.9 Å². The van der Waals surface area contributed by atoms with Gasteiger partial charge in [-0.3, -0.25) is 4.98 Å². The lowest BCUT2D eigenvalue weighted by Crippen LogP contribution is -2.36. The van der Waals surface area contributed by atoms with E-state index in [2.05, 4.69) is 20.9 Å². The summed E-state index contributed by atoms with van der Waals surface area (Å²) in [5.74, 6) is 0.407. The Hall–Kier alpha value is -1.46. The van der Waals surface area contributed by atoms with E-state index >= 15 is 0 Å². The van der Waals surface area contributed by atoms with Crippen molar-refractivity contribution in [1.29, 1.82) is 0 Å². The molecule has 3 nitrogen and oxygen atoms in total. The van der Waals surface area contributed by atoms with Crippen LogP contribution in [-0.4, -0.2) is 12.1 Å². The fourth-order valence-corrected chi connectivity index (χ4v) is 2.64. The number of methoxy groups -OCH3 is 1. The predicted molar refractivity (Wildman–Crippen MR) is 80.1 cm³/mol. The molecule has 1 atom stereocenters. The first-order valence-corrected chi connectivity index (χ1v) is 6.95. The molecule has 0 aliphatic carbocycles. The van der Waals surface area contributed by atoms with Crippen molar-refractivity contribution >= 4 is 15.9 Å². The first-order chi connectivity index (χ1) is 9.42. The number of pyridine rings is 1. The van der Waals surface area contributed by atoms with Gasteiger partial charge in [-0.1, -0.05) is 6.07 Å². The summed E-state index contributed by atoms with van der Waals surface area (Å²) in [5.41, 5.74) is 7.35. The molecule has 0 aliphatic rings. The average molecular weight is 339 g/mol. The lowest BCUT2D eigenvalue weighted by molar-refractivity contribution is 0.411. The van der Waals surface area contributed by atoms with E-state index < -0.39 is 5.54 Å². The third-order valence-corrected chi connectivity index (χ3v) is 3.72. The molecule has 0 aliphatic heterocycles. The summed E-state index contributed by atoms with van der Waals surface area (Å²) in [6.45, 7) is 1.88. The number of halogens is 2. The molecule has 106 valence electrons. The highest BCUT2D eigenvalue weighted by atomic mass is 79.9. The van der Waals surface area contributed by atoms with E-state index in [9.17, 15) is 4.39 Å². The molecule has 0 spiro atoms. The first kappa shape index (κ1) is 14.9. The van der Waals surface area contributed by atoms with Gasteiger partial charge in [0, 0.05) is 0 Å². The number of aromatic nitrogens is 1. The number of rotatable bonds is 4. The van der Waals surface area contributed by atoms with Crippen LogP contribution in [0.1, 0.15) is 18.2 Å². The molecule has 0 saturated carbocycles. The molecule has 2 N–H and O–H groups in total. The van der Waals surface area contributed by atoms with Crippen LogP contribution in [0.3, 0.4) is 0 Å². The molecule has 0 radical (unpaired) electrons. The molecule has 0 bridgehead atoms. The quantitative estimate of drug-likeness (QED) is 0.929. The maximum Gasteiger partial charge on any atom is 0.141 e. The Morgan fingerprint density at radius 1 is 1.35 bits per heavy atom. The van der Waals surface area contributed by atoms with E-state index in [0.29, 0.717) is 12.1 Å². The Balaban J connectivity index is 2.23. The van der Waals surface area contributed by atoms with E-state index in [1.807, 2.05) is 25.1 Å². The maximum atomic E-state index is 12.9. The van der Waals surface area contributed by atoms with Gasteiger partial charge in [0.25, 0.3) is 0 Å². The number of benzene rings is 1. The van der Waals surface area contributed by atoms with Gasteiger partial charge in [-0.05, 0) is 59.1 Å². The molecule has 1 unspecified atom stereocenters. The molecule has 2 rings (SSSR count). The summed E-state index contributed by atoms with van der Waals surface area (Å²) < 4.78 is 19.0. The Morgan fingerprint density at radius 3 is 2.65 bits per heavy atom. The van der Waals surface area contributed by atoms with Crippen LogP contribution in [0.5, 0.6) is 5.75 Å². The van der Waals surface area contributed by atoms with Gasteiger partial charge in [0.2, 0.25) is 0 Å². The third-order valence-electron chi connectivity index (χ3n) is 3.10. The van der Waals surface area contributed by atoms with Gasteiger partial charge in [0.15, 0.2) is 0 Å². The molecule has 20 heavy (non-hydrogen) atoms. The van der Waals surface area contributed by atoms with E-state index in [1.165, 1.54) is 12.3 Å². The normalized spacial score (nSPS) is 13.8. The molecule has 5 heteroatoms. The van der Waals surface area contributed by atoms with Crippen LogP contribution in [0.2, 0.25) is 0 Å². The number of nitrogens with two attached hydrogens (primary N) is 1. The van der Waals surface area contributed by atoms with Gasteiger partial charge < -0.3 is 10.5 Å². The number of nitrogens with zero attached hydrogens (tertiary/aromatic N) is 1. The third kappa shape index (κ3) is 3.35. The van der Waals surface area contributed by atoms with E-state index in [1.54, 1.807) is 13.2 Å². The lowest BCUT2D eigenvalue weighted by atomic mass is 9.90. The Morgan fingerprint density at radius 2 is 2.10 bits per heavy atom. The van der Waals surface area contributed by atoms with Crippen LogP contribution in [0, 0.1) is 5.82 Å². The van der Waals surface area contributed by atoms with Gasteiger partial charge in [-0.2, -0.15) is 0 Å². The second-order valence-electron chi connectivity index (χ2n) is 4.92. The second-order valence-corrected chi connectivity index (χ2v) is 5.78. The zero-order valence-electron chi connectivity index (χ0n) is 11.4. The molecular formula is C15H16BrFN2O. The van der Waals surface area contributed by atoms with Crippen LogP contribution in [0.4, 0.5) is 4.39 Å². The van der Waals surface area contributed by atoms with Gasteiger partial charge in [-0.15, -0.1) is 0 Å². The highest BCUT2D eigenvalue weighted by Gasteiger charge is 2.23. The van der Waals surface area contributed by atoms with Crippen LogP contribution < -0.4 is 10.5 Å². The van der Waals surface area contributed by atoms with Gasteiger partial charge in [-0.25, -0.2) is 4.39 Å². The second kappa shape index (κ2) is 5.89. The minimum Gasteiger partial charge on any atom is -0.496 e. The molecule has 1 aromatic carbocycles. The number of ether oxygens (including phenoxy) is 1. The summed E-state index contributed by atoms with van der Waals surface area (Å²) in [5, 5.41) is 0. The van der Waals surface area contributed by atoms with Gasteiger partial charge in [0.1, 0.15) is 11.6 Å². The molecule has 1 aromatic heterocycles. The van der Waals surface area contributed by atoms with Crippen LogP contribution in [0.25, 0.3) is 0 Å². The fourth-order valence-electron chi connectivity index (χ4n) is 2.05. The fraction of sp³-hybridized carbons (Fsp3) is 0.267. The Kier molecular flexibility index (Phi) is 4.40. The van der Waals surface area contributed by atoms with Crippen molar-refractivity contribution in [2.24, 2.45) is 5.73 Å². The summed E-state index contributed by atoms with van der Waals surface area (Å²) in [4.78, 5) is 4.07. The van der Waals surface area contributed by atoms with Crippen molar-refractivity contribution in [2.45, 2.75) is 18.9 Å². The Labute approximate surface area is 126 Å². The highest BCUT2D eigenvalue weighted by molar-refractivity contribution is 9.10. The van der Waals surface area contributed by atoms with Crippen molar-refractivity contribution in [2.75, 3.05) is 7.11 Å². The highest BCUT2D eigenvalue weighted by Crippen LogP contribution is 2.28. The zero-order chi connectivity index (χ0) is 14.8. The average Bonchev–Trinajstić information content (AvgIpc) is 2.39. The summed E-state index contributed by atoms with van der Waals surface area (Å²) >= 11 is 3.45. The molecule has 2 aromatic rings. The van der Waals surface area contributed by atoms with Gasteiger partial charge >= 0.3 is 0 Å². The standard InChI is InChI=1S/C15H16BrFN2O/c1-15(18,14-6-4-11(17)9-19-14)8-10-3-5-13(20-2)12(16)7-10/h3-7,9H,8,18H2,1-2H3. The van der Waals surface area contributed by atoms with Gasteiger partial charge in [0.05, 0.1) is 29.0 Å². The van der Waals surface area contributed by atoms with Crippen molar-refractivity contribution in [3.05, 3.63) is 58.1 Å². The topological polar surface area (TPSA) is 48.1 Å². The summed E-state index contributed by atoms with van der Waals surface area (Å²) in [7, 11) is 1.62. The van der Waals surface area contributed by atoms with Crippen LogP contribution in [0.15, 0.2) is 41.0 Å². The predicted octanol–water partition coefficient (Wildman–Crippen LogP) is 3.41. The molecule has 1 heterocycles.